The third-order valence-corrected chi connectivity index (χ3v) is 7.09. The maximum atomic E-state index is 15.0. The highest BCUT2D eigenvalue weighted by atomic mass is 35.5. The van der Waals surface area contributed by atoms with Crippen LogP contribution in [-0.2, 0) is 5.54 Å². The highest BCUT2D eigenvalue weighted by Gasteiger charge is 2.34. The molecule has 0 atom stereocenters. The summed E-state index contributed by atoms with van der Waals surface area (Å²) in [6.45, 7) is 1.42. The molecule has 2 aromatic carbocycles. The molecule has 0 spiro atoms. The van der Waals surface area contributed by atoms with Crippen LogP contribution in [0.4, 0.5) is 22.0 Å². The number of nitrogens with two attached hydrogens (primary N) is 1. The second kappa shape index (κ2) is 10.5. The number of rotatable bonds is 5. The number of benzene rings is 2. The van der Waals surface area contributed by atoms with E-state index in [1.165, 1.54) is 0 Å². The number of hydrogen-bond acceptors (Lipinski definition) is 6. The number of halogens is 3. The number of piperidine rings is 1. The van der Waals surface area contributed by atoms with Crippen LogP contribution in [-0.4, -0.2) is 33.3 Å². The molecule has 0 radical (unpaired) electrons. The molecular weight excluding hydrogens is 512 g/mol. The zero-order chi connectivity index (χ0) is 24.0. The number of nitrogens with zero attached hydrogens (tertiary/aromatic N) is 4. The van der Waals surface area contributed by atoms with Crippen molar-refractivity contribution in [2.24, 2.45) is 5.73 Å². The molecule has 1 saturated carbocycles. The van der Waals surface area contributed by atoms with Gasteiger partial charge in [0.15, 0.2) is 11.6 Å². The molecule has 1 aliphatic carbocycles. The van der Waals surface area contributed by atoms with Crippen molar-refractivity contribution in [3.8, 4) is 12.3 Å². The van der Waals surface area contributed by atoms with Gasteiger partial charge in [0.25, 0.3) is 0 Å². The largest absolute Gasteiger partial charge is 0.341 e. The first-order valence-corrected chi connectivity index (χ1v) is 11.9. The van der Waals surface area contributed by atoms with Crippen LogP contribution >= 0.6 is 24.8 Å². The molecule has 37 heavy (non-hydrogen) atoms. The van der Waals surface area contributed by atoms with Gasteiger partial charge in [-0.25, -0.2) is 9.37 Å². The molecule has 3 heterocycles. The van der Waals surface area contributed by atoms with E-state index in [4.69, 9.17) is 22.1 Å². The molecule has 2 aromatic heterocycles. The first-order valence-electron chi connectivity index (χ1n) is 11.9. The molecule has 0 unspecified atom stereocenters. The minimum Gasteiger partial charge on any atom is -0.341 e. The van der Waals surface area contributed by atoms with Crippen molar-refractivity contribution in [1.82, 2.24) is 20.2 Å². The normalized spacial score (nSPS) is 16.4. The van der Waals surface area contributed by atoms with Crippen LogP contribution in [0.2, 0.25) is 0 Å². The molecule has 0 bridgehead atoms. The summed E-state index contributed by atoms with van der Waals surface area (Å²) in [6.07, 6.45) is 9.13. The van der Waals surface area contributed by atoms with E-state index < -0.39 is 0 Å². The predicted octanol–water partition coefficient (Wildman–Crippen LogP) is 5.39. The fourth-order valence-corrected chi connectivity index (χ4v) is 4.79. The van der Waals surface area contributed by atoms with E-state index in [2.05, 4.69) is 38.5 Å². The Balaban J connectivity index is 0.00000160. The Morgan fingerprint density at radius 1 is 1.05 bits per heavy atom. The van der Waals surface area contributed by atoms with Gasteiger partial charge in [-0.05, 0) is 49.4 Å². The number of H-pyrrole nitrogens is 1. The zero-order valence-electron chi connectivity index (χ0n) is 20.1. The van der Waals surface area contributed by atoms with Crippen molar-refractivity contribution < 1.29 is 4.39 Å². The third kappa shape index (κ3) is 5.08. The third-order valence-electron chi connectivity index (χ3n) is 7.09. The second-order valence-electron chi connectivity index (χ2n) is 9.46. The maximum Gasteiger partial charge on any atom is 0.227 e. The summed E-state index contributed by atoms with van der Waals surface area (Å²) < 4.78 is 15.0. The van der Waals surface area contributed by atoms with Gasteiger partial charge in [-0.3, -0.25) is 5.10 Å². The summed E-state index contributed by atoms with van der Waals surface area (Å²) in [5.74, 6) is 3.69. The van der Waals surface area contributed by atoms with Crippen LogP contribution in [0.1, 0.15) is 48.4 Å². The van der Waals surface area contributed by atoms with Crippen LogP contribution in [0.5, 0.6) is 0 Å². The van der Waals surface area contributed by atoms with E-state index in [-0.39, 0.29) is 47.9 Å². The number of fused-ring (bicyclic) bond motifs is 1. The molecule has 4 aromatic rings. The number of aromatic amines is 1. The van der Waals surface area contributed by atoms with Gasteiger partial charge in [0.05, 0.1) is 11.2 Å². The standard InChI is InChI=1S/C27H26FN7.2ClH/c1-2-17-8-11-21-20(16-17)24(31-25-22(28)23(33-34-25)18-9-10-18)32-26(30-21)35-14-12-27(29,13-15-35)19-6-4-3-5-7-19;;/h1,3-8,11,16,18H,9-10,12-15,29H2,(H2,30,31,32,33,34);2*1H. The van der Waals surface area contributed by atoms with Crippen LogP contribution in [0.15, 0.2) is 48.5 Å². The summed E-state index contributed by atoms with van der Waals surface area (Å²) in [6, 6.07) is 15.8. The number of anilines is 3. The minimum atomic E-state index is -0.380. The fraction of sp³-hybridized carbons (Fsp3) is 0.296. The van der Waals surface area contributed by atoms with Crippen LogP contribution < -0.4 is 16.0 Å². The SMILES string of the molecule is C#Cc1ccc2nc(N3CCC(N)(c4ccccc4)CC3)nc(Nc3n[nH]c(C4CC4)c3F)c2c1.Cl.Cl. The Morgan fingerprint density at radius 3 is 2.46 bits per heavy atom. The van der Waals surface area contributed by atoms with Gasteiger partial charge in [0.1, 0.15) is 5.82 Å². The van der Waals surface area contributed by atoms with Crippen molar-refractivity contribution >= 4 is 53.3 Å². The summed E-state index contributed by atoms with van der Waals surface area (Å²) in [7, 11) is 0. The van der Waals surface area contributed by atoms with E-state index in [9.17, 15) is 0 Å². The summed E-state index contributed by atoms with van der Waals surface area (Å²) in [5, 5.41) is 10.8. The lowest BCUT2D eigenvalue weighted by Gasteiger charge is -2.39. The highest BCUT2D eigenvalue weighted by Crippen LogP contribution is 2.42. The Hall–Kier alpha value is -3.38. The van der Waals surface area contributed by atoms with Gasteiger partial charge < -0.3 is 16.0 Å². The molecule has 2 aliphatic rings. The van der Waals surface area contributed by atoms with Crippen molar-refractivity contribution in [3.05, 3.63) is 71.2 Å². The Labute approximate surface area is 227 Å². The van der Waals surface area contributed by atoms with Gasteiger partial charge in [-0.1, -0.05) is 36.3 Å². The number of hydrogen-bond donors (Lipinski definition) is 3. The van der Waals surface area contributed by atoms with Crippen molar-refractivity contribution in [1.29, 1.82) is 0 Å². The monoisotopic (exact) mass is 539 g/mol. The quantitative estimate of drug-likeness (QED) is 0.294. The summed E-state index contributed by atoms with van der Waals surface area (Å²) in [4.78, 5) is 11.7. The molecule has 2 fully saturated rings. The first kappa shape index (κ1) is 26.7. The van der Waals surface area contributed by atoms with Crippen molar-refractivity contribution in [3.63, 3.8) is 0 Å². The molecule has 1 saturated heterocycles. The molecule has 0 amide bonds. The van der Waals surface area contributed by atoms with Crippen LogP contribution in [0.3, 0.4) is 0 Å². The Morgan fingerprint density at radius 2 is 1.78 bits per heavy atom. The smallest absolute Gasteiger partial charge is 0.227 e. The predicted molar refractivity (Wildman–Crippen MR) is 150 cm³/mol. The topological polar surface area (TPSA) is 95.8 Å². The number of terminal acetylenes is 1. The van der Waals surface area contributed by atoms with E-state index in [1.54, 1.807) is 0 Å². The first-order chi connectivity index (χ1) is 17.0. The molecule has 1 aliphatic heterocycles. The number of aromatic nitrogens is 4. The van der Waals surface area contributed by atoms with E-state index >= 15 is 4.39 Å². The van der Waals surface area contributed by atoms with Crippen LogP contribution in [0.25, 0.3) is 10.9 Å². The van der Waals surface area contributed by atoms with Crippen molar-refractivity contribution in [2.75, 3.05) is 23.3 Å². The van der Waals surface area contributed by atoms with Gasteiger partial charge >= 0.3 is 0 Å². The summed E-state index contributed by atoms with van der Waals surface area (Å²) in [5.41, 5.74) is 9.51. The molecule has 192 valence electrons. The van der Waals surface area contributed by atoms with Gasteiger partial charge in [0, 0.05) is 35.5 Å². The summed E-state index contributed by atoms with van der Waals surface area (Å²) >= 11 is 0. The van der Waals surface area contributed by atoms with Crippen LogP contribution in [0, 0.1) is 18.2 Å². The Kier molecular flexibility index (Phi) is 7.60. The average Bonchev–Trinajstić information content (AvgIpc) is 3.68. The zero-order valence-corrected chi connectivity index (χ0v) is 21.7. The molecule has 4 N–H and O–H groups in total. The molecular formula is C27H28Cl2FN7. The average molecular weight is 540 g/mol. The Bertz CT molecular complexity index is 1440. The van der Waals surface area contributed by atoms with Gasteiger partial charge in [0.2, 0.25) is 5.95 Å². The second-order valence-corrected chi connectivity index (χ2v) is 9.46. The molecule has 10 heteroatoms. The lowest BCUT2D eigenvalue weighted by atomic mass is 9.82. The fourth-order valence-electron chi connectivity index (χ4n) is 4.79. The highest BCUT2D eigenvalue weighted by molar-refractivity contribution is 5.92. The minimum absolute atomic E-state index is 0. The van der Waals surface area contributed by atoms with Gasteiger partial charge in [-0.15, -0.1) is 31.2 Å². The molecule has 6 rings (SSSR count). The van der Waals surface area contributed by atoms with Crippen molar-refractivity contribution in [2.45, 2.75) is 37.1 Å². The van der Waals surface area contributed by atoms with E-state index in [1.807, 2.05) is 36.4 Å². The lowest BCUT2D eigenvalue weighted by molar-refractivity contribution is 0.340. The lowest BCUT2D eigenvalue weighted by Crippen LogP contribution is -2.48. The number of nitrogens with one attached hydrogen (secondary N) is 2. The van der Waals surface area contributed by atoms with E-state index in [0.29, 0.717) is 41.5 Å². The van der Waals surface area contributed by atoms with E-state index in [0.717, 1.165) is 36.8 Å². The maximum absolute atomic E-state index is 15.0. The molecule has 7 nitrogen and oxygen atoms in total. The van der Waals surface area contributed by atoms with Gasteiger partial charge in [-0.2, -0.15) is 10.1 Å².